The van der Waals surface area contributed by atoms with Gasteiger partial charge in [-0.25, -0.2) is 0 Å². The minimum atomic E-state index is 0.0644. The summed E-state index contributed by atoms with van der Waals surface area (Å²) in [5.41, 5.74) is 2.75. The minimum absolute atomic E-state index is 0.0644. The summed E-state index contributed by atoms with van der Waals surface area (Å²) in [6, 6.07) is 9.68. The van der Waals surface area contributed by atoms with Gasteiger partial charge in [0, 0.05) is 5.56 Å². The maximum Gasteiger partial charge on any atom is 0.185 e. The van der Waals surface area contributed by atoms with E-state index in [0.29, 0.717) is 0 Å². The number of benzene rings is 1. The van der Waals surface area contributed by atoms with Crippen molar-refractivity contribution in [3.8, 4) is 0 Å². The van der Waals surface area contributed by atoms with Crippen LogP contribution in [0.5, 0.6) is 0 Å². The summed E-state index contributed by atoms with van der Waals surface area (Å²) >= 11 is 0. The molecule has 3 rings (SSSR count). The molecule has 24 heavy (non-hydrogen) atoms. The lowest BCUT2D eigenvalue weighted by Gasteiger charge is -2.38. The van der Waals surface area contributed by atoms with E-state index in [0.717, 1.165) is 16.9 Å². The summed E-state index contributed by atoms with van der Waals surface area (Å²) in [6.45, 7) is 0. The summed E-state index contributed by atoms with van der Waals surface area (Å²) in [6.07, 6.45) is 19.6. The molecule has 1 aromatic carbocycles. The fourth-order valence-electron chi connectivity index (χ4n) is 4.40. The van der Waals surface area contributed by atoms with Crippen molar-refractivity contribution in [2.45, 2.75) is 75.5 Å². The molecule has 0 amide bonds. The van der Waals surface area contributed by atoms with E-state index >= 15 is 0 Å². The zero-order valence-corrected chi connectivity index (χ0v) is 15.7. The van der Waals surface area contributed by atoms with E-state index in [-0.39, 0.29) is 13.7 Å². The summed E-state index contributed by atoms with van der Waals surface area (Å²) in [5.74, 6) is 0.165. The first-order chi connectivity index (χ1) is 11.8. The fourth-order valence-corrected chi connectivity index (χ4v) is 8.00. The van der Waals surface area contributed by atoms with Crippen LogP contribution in [0.4, 0.5) is 0 Å². The molecule has 2 heteroatoms. The molecule has 0 radical (unpaired) electrons. The maximum absolute atomic E-state index is 12.3. The Balaban J connectivity index is 1.62. The van der Waals surface area contributed by atoms with Crippen molar-refractivity contribution in [1.82, 2.24) is 0 Å². The van der Waals surface area contributed by atoms with E-state index in [1.54, 1.807) is 0 Å². The smallest absolute Gasteiger partial charge is 0.185 e. The Labute approximate surface area is 148 Å². The Morgan fingerprint density at radius 3 is 1.96 bits per heavy atom. The molecule has 130 valence electrons. The molecule has 0 spiro atoms. The maximum atomic E-state index is 12.3. The summed E-state index contributed by atoms with van der Waals surface area (Å²) in [5, 5.41) is 0. The van der Waals surface area contributed by atoms with Crippen molar-refractivity contribution in [2.24, 2.45) is 0 Å². The standard InChI is InChI=1S/C22H31OP/c23-22(19-11-4-1-5-12-19)17-10-18-24(20-13-6-2-7-14-20)21-15-8-3-9-16-21/h1,4-5,10-12,17,20-21H,2-3,6-9,13-16,18H2. The molecular formula is C22H31OP. The summed E-state index contributed by atoms with van der Waals surface area (Å²) in [4.78, 5) is 12.3. The van der Waals surface area contributed by atoms with E-state index in [2.05, 4.69) is 6.08 Å². The number of hydrogen-bond donors (Lipinski definition) is 0. The van der Waals surface area contributed by atoms with Crippen LogP contribution >= 0.6 is 7.92 Å². The van der Waals surface area contributed by atoms with Crippen molar-refractivity contribution in [3.63, 3.8) is 0 Å². The topological polar surface area (TPSA) is 17.1 Å². The Bertz CT molecular complexity index is 506. The van der Waals surface area contributed by atoms with Crippen molar-refractivity contribution in [1.29, 1.82) is 0 Å². The largest absolute Gasteiger partial charge is 0.289 e. The highest BCUT2D eigenvalue weighted by Crippen LogP contribution is 2.55. The predicted molar refractivity (Wildman–Crippen MR) is 105 cm³/mol. The van der Waals surface area contributed by atoms with Crippen molar-refractivity contribution in [2.75, 3.05) is 6.16 Å². The van der Waals surface area contributed by atoms with Crippen LogP contribution in [-0.4, -0.2) is 23.3 Å². The van der Waals surface area contributed by atoms with Crippen LogP contribution in [0.1, 0.15) is 74.6 Å². The van der Waals surface area contributed by atoms with Crippen molar-refractivity contribution < 1.29 is 4.79 Å². The van der Waals surface area contributed by atoms with Gasteiger partial charge < -0.3 is 0 Å². The summed E-state index contributed by atoms with van der Waals surface area (Å²) in [7, 11) is 0.0644. The number of carbonyl (C=O) groups excluding carboxylic acids is 1. The van der Waals surface area contributed by atoms with Gasteiger partial charge in [-0.05, 0) is 49.2 Å². The average molecular weight is 342 g/mol. The van der Waals surface area contributed by atoms with Gasteiger partial charge in [0.1, 0.15) is 0 Å². The molecule has 2 fully saturated rings. The molecule has 0 saturated heterocycles. The lowest BCUT2D eigenvalue weighted by molar-refractivity contribution is 0.104. The SMILES string of the molecule is O=C(C=CCP(C1CCCCC1)C1CCCCC1)c1ccccc1. The number of allylic oxidation sites excluding steroid dienone is 2. The molecule has 0 heterocycles. The Hall–Kier alpha value is -0.940. The molecular weight excluding hydrogens is 311 g/mol. The quantitative estimate of drug-likeness (QED) is 0.324. The highest BCUT2D eigenvalue weighted by atomic mass is 31.1. The van der Waals surface area contributed by atoms with Gasteiger partial charge in [0.2, 0.25) is 0 Å². The highest BCUT2D eigenvalue weighted by molar-refractivity contribution is 7.59. The van der Waals surface area contributed by atoms with Gasteiger partial charge in [0.15, 0.2) is 5.78 Å². The molecule has 0 N–H and O–H groups in total. The van der Waals surface area contributed by atoms with Crippen LogP contribution in [-0.2, 0) is 0 Å². The molecule has 0 aliphatic heterocycles. The molecule has 1 nitrogen and oxygen atoms in total. The normalized spacial score (nSPS) is 20.7. The zero-order valence-electron chi connectivity index (χ0n) is 14.8. The third kappa shape index (κ3) is 5.03. The van der Waals surface area contributed by atoms with Crippen LogP contribution in [0.25, 0.3) is 0 Å². The van der Waals surface area contributed by atoms with Crippen LogP contribution in [0.3, 0.4) is 0 Å². The van der Waals surface area contributed by atoms with Gasteiger partial charge in [-0.2, -0.15) is 0 Å². The van der Waals surface area contributed by atoms with E-state index in [9.17, 15) is 4.79 Å². The Morgan fingerprint density at radius 1 is 0.875 bits per heavy atom. The number of ketones is 1. The second kappa shape index (κ2) is 9.52. The third-order valence-corrected chi connectivity index (χ3v) is 9.27. The molecule has 0 aromatic heterocycles. The Kier molecular flexibility index (Phi) is 7.09. The molecule has 2 aliphatic rings. The first-order valence-corrected chi connectivity index (χ1v) is 11.5. The van der Waals surface area contributed by atoms with E-state index in [1.807, 2.05) is 36.4 Å². The lowest BCUT2D eigenvalue weighted by Crippen LogP contribution is -2.21. The first kappa shape index (κ1) is 17.9. The van der Waals surface area contributed by atoms with E-state index in [4.69, 9.17) is 0 Å². The van der Waals surface area contributed by atoms with Gasteiger partial charge in [0.25, 0.3) is 0 Å². The molecule has 0 bridgehead atoms. The average Bonchev–Trinajstić information content (AvgIpc) is 2.67. The van der Waals surface area contributed by atoms with Gasteiger partial charge in [-0.3, -0.25) is 4.79 Å². The first-order valence-electron chi connectivity index (χ1n) is 9.86. The number of rotatable bonds is 6. The second-order valence-electron chi connectivity index (χ2n) is 7.41. The van der Waals surface area contributed by atoms with Gasteiger partial charge in [0.05, 0.1) is 0 Å². The predicted octanol–water partition coefficient (Wildman–Crippen LogP) is 6.57. The Morgan fingerprint density at radius 2 is 1.42 bits per heavy atom. The molecule has 1 aromatic rings. The molecule has 0 unspecified atom stereocenters. The van der Waals surface area contributed by atoms with Crippen molar-refractivity contribution >= 4 is 13.7 Å². The molecule has 2 aliphatic carbocycles. The molecule has 0 atom stereocenters. The number of hydrogen-bond acceptors (Lipinski definition) is 1. The zero-order chi connectivity index (χ0) is 16.6. The van der Waals surface area contributed by atoms with Crippen LogP contribution < -0.4 is 0 Å². The van der Waals surface area contributed by atoms with Crippen LogP contribution in [0.15, 0.2) is 42.5 Å². The lowest BCUT2D eigenvalue weighted by atomic mass is 9.99. The van der Waals surface area contributed by atoms with Crippen LogP contribution in [0, 0.1) is 0 Å². The highest BCUT2D eigenvalue weighted by Gasteiger charge is 2.29. The third-order valence-electron chi connectivity index (χ3n) is 5.73. The van der Waals surface area contributed by atoms with Gasteiger partial charge >= 0.3 is 0 Å². The van der Waals surface area contributed by atoms with Gasteiger partial charge in [-0.1, -0.05) is 82.9 Å². The minimum Gasteiger partial charge on any atom is -0.289 e. The fraction of sp³-hybridized carbons (Fsp3) is 0.591. The van der Waals surface area contributed by atoms with Crippen LogP contribution in [0.2, 0.25) is 0 Å². The number of carbonyl (C=O) groups is 1. The monoisotopic (exact) mass is 342 g/mol. The van der Waals surface area contributed by atoms with E-state index in [1.165, 1.54) is 70.4 Å². The van der Waals surface area contributed by atoms with Crippen molar-refractivity contribution in [3.05, 3.63) is 48.0 Å². The molecule has 2 saturated carbocycles. The van der Waals surface area contributed by atoms with Gasteiger partial charge in [-0.15, -0.1) is 0 Å². The van der Waals surface area contributed by atoms with E-state index < -0.39 is 0 Å². The summed E-state index contributed by atoms with van der Waals surface area (Å²) < 4.78 is 0. The second-order valence-corrected chi connectivity index (χ2v) is 10.3.